The Morgan fingerprint density at radius 2 is 1.92 bits per heavy atom. The standard InChI is InChI=1S/C6H7.2CH3.2ClH.Hf.H2Si/c1-6-4-2-3-5-6;;;;;;/h2-5H,1H3;2*1H3;2*1H;;1H2/q;;;;;+2;/p-2. The molecule has 0 spiro atoms. The molecular formula is C8H15Cl2HfSi. The molecule has 0 bridgehead atoms. The average molecular weight is 389 g/mol. The first kappa shape index (κ1) is 11.2. The molecule has 0 N–H and O–H groups in total. The average Bonchev–Trinajstić information content (AvgIpc) is 2.07. The molecule has 0 radical (unpaired) electrons. The quantitative estimate of drug-likeness (QED) is 0.604. The van der Waals surface area contributed by atoms with E-state index in [1.54, 1.807) is 0 Å². The van der Waals surface area contributed by atoms with Crippen LogP contribution in [0.2, 0.25) is 13.0 Å². The van der Waals surface area contributed by atoms with Crippen molar-refractivity contribution in [1.82, 2.24) is 0 Å². The van der Waals surface area contributed by atoms with Gasteiger partial charge in [-0.2, -0.15) is 0 Å². The van der Waals surface area contributed by atoms with Crippen molar-refractivity contribution in [2.75, 3.05) is 0 Å². The molecular weight excluding hydrogens is 374 g/mol. The fraction of sp³-hybridized carbons (Fsp3) is 0.500. The zero-order valence-corrected chi connectivity index (χ0v) is 14.3. The maximum absolute atomic E-state index is 6.61. The van der Waals surface area contributed by atoms with Crippen LogP contribution >= 0.6 is 17.2 Å². The topological polar surface area (TPSA) is 0 Å². The van der Waals surface area contributed by atoms with Crippen LogP contribution in [0.1, 0.15) is 6.92 Å². The van der Waals surface area contributed by atoms with Gasteiger partial charge in [-0.1, -0.05) is 0 Å². The van der Waals surface area contributed by atoms with Gasteiger partial charge in [-0.05, 0) is 0 Å². The molecule has 0 nitrogen and oxygen atoms in total. The van der Waals surface area contributed by atoms with E-state index in [4.69, 9.17) is 17.2 Å². The maximum atomic E-state index is 6.61. The Hall–Kier alpha value is 1.15. The third-order valence-corrected chi connectivity index (χ3v) is 19.7. The van der Waals surface area contributed by atoms with Crippen LogP contribution in [0, 0.1) is 0 Å². The van der Waals surface area contributed by atoms with Crippen LogP contribution < -0.4 is 0 Å². The zero-order valence-electron chi connectivity index (χ0n) is 7.77. The molecule has 0 aromatic carbocycles. The fourth-order valence-electron chi connectivity index (χ4n) is 1.27. The van der Waals surface area contributed by atoms with Gasteiger partial charge in [0.1, 0.15) is 0 Å². The van der Waals surface area contributed by atoms with Crippen LogP contribution in [0.4, 0.5) is 0 Å². The van der Waals surface area contributed by atoms with Gasteiger partial charge in [-0.25, -0.2) is 0 Å². The molecule has 4 heteroatoms. The molecule has 69 valence electrons. The Kier molecular flexibility index (Phi) is 2.23. The molecule has 0 aromatic rings. The second-order valence-corrected chi connectivity index (χ2v) is 84.3. The summed E-state index contributed by atoms with van der Waals surface area (Å²) in [5, 5.41) is 0. The molecule has 0 aromatic heterocycles. The monoisotopic (exact) mass is 389 g/mol. The van der Waals surface area contributed by atoms with Gasteiger partial charge in [0.2, 0.25) is 0 Å². The number of rotatable bonds is 1. The van der Waals surface area contributed by atoms with E-state index in [9.17, 15) is 0 Å². The van der Waals surface area contributed by atoms with E-state index in [2.05, 4.69) is 34.5 Å². The second-order valence-electron chi connectivity index (χ2n) is 5.10. The predicted molar refractivity (Wildman–Crippen MR) is 58.6 cm³/mol. The molecule has 0 saturated heterocycles. The summed E-state index contributed by atoms with van der Waals surface area (Å²) in [6.07, 6.45) is 6.43. The summed E-state index contributed by atoms with van der Waals surface area (Å²) in [5.41, 5.74) is 1.27. The van der Waals surface area contributed by atoms with Crippen molar-refractivity contribution >= 4 is 24.1 Å². The molecule has 1 rings (SSSR count). The molecule has 0 saturated carbocycles. The molecule has 0 fully saturated rings. The van der Waals surface area contributed by atoms with E-state index in [-0.39, 0.29) is 0 Å². The van der Waals surface area contributed by atoms with Crippen LogP contribution in [0.3, 0.4) is 0 Å². The molecule has 0 aliphatic heterocycles. The van der Waals surface area contributed by atoms with Crippen molar-refractivity contribution in [2.45, 2.75) is 20.0 Å². The molecule has 1 atom stereocenters. The Bertz CT molecular complexity index is 343. The summed E-state index contributed by atoms with van der Waals surface area (Å²) in [5.74, 6) is 0. The summed E-state index contributed by atoms with van der Waals surface area (Å²) in [7, 11) is 13.2. The van der Waals surface area contributed by atoms with Crippen molar-refractivity contribution in [2.24, 2.45) is 0 Å². The van der Waals surface area contributed by atoms with Gasteiger partial charge in [0.15, 0.2) is 0 Å². The third-order valence-electron chi connectivity index (χ3n) is 2.16. The number of halogens is 2. The van der Waals surface area contributed by atoms with E-state index >= 15 is 0 Å². The number of allylic oxidation sites excluding steroid dienone is 4. The predicted octanol–water partition coefficient (Wildman–Crippen LogP) is 3.47. The van der Waals surface area contributed by atoms with Gasteiger partial charge in [0.05, 0.1) is 0 Å². The van der Waals surface area contributed by atoms with Crippen molar-refractivity contribution in [3.8, 4) is 0 Å². The fourth-order valence-corrected chi connectivity index (χ4v) is 11.3. The van der Waals surface area contributed by atoms with Gasteiger partial charge < -0.3 is 0 Å². The molecule has 1 aliphatic carbocycles. The first-order valence-electron chi connectivity index (χ1n) is 4.10. The van der Waals surface area contributed by atoms with Crippen LogP contribution in [0.25, 0.3) is 0 Å². The number of hydrogen-bond acceptors (Lipinski definition) is 0. The molecule has 0 amide bonds. The summed E-state index contributed by atoms with van der Waals surface area (Å²) in [6.45, 7) is 3.91. The van der Waals surface area contributed by atoms with Gasteiger partial charge in [-0.3, -0.25) is 0 Å². The van der Waals surface area contributed by atoms with Gasteiger partial charge in [-0.15, -0.1) is 0 Å². The Labute approximate surface area is 80.4 Å². The van der Waals surface area contributed by atoms with E-state index in [1.807, 2.05) is 6.94 Å². The first-order chi connectivity index (χ1) is 4.99. The molecule has 1 unspecified atom stereocenters. The zero-order chi connectivity index (χ0) is 9.68. The Morgan fingerprint density at radius 3 is 2.08 bits per heavy atom. The van der Waals surface area contributed by atoms with Gasteiger partial charge in [0.25, 0.3) is 0 Å². The van der Waals surface area contributed by atoms with E-state index < -0.39 is 13.3 Å². The number of hydrogen-bond donors (Lipinski definition) is 0. The molecule has 0 heterocycles. The normalized spacial score (nSPS) is 29.4. The molecule has 1 aliphatic rings. The van der Waals surface area contributed by atoms with E-state index in [0.29, 0.717) is 3.67 Å². The third kappa shape index (κ3) is 2.83. The Balaban J connectivity index is 3.21. The summed E-state index contributed by atoms with van der Waals surface area (Å²) in [4.78, 5) is 0. The van der Waals surface area contributed by atoms with Crippen molar-refractivity contribution in [3.05, 3.63) is 23.8 Å². The minimum atomic E-state index is -3.92. The summed E-state index contributed by atoms with van der Waals surface area (Å²) < 4.78 is 4.43. The summed E-state index contributed by atoms with van der Waals surface area (Å²) in [6, 6.07) is 0. The summed E-state index contributed by atoms with van der Waals surface area (Å²) >= 11 is -3.92. The van der Waals surface area contributed by atoms with Crippen LogP contribution in [-0.2, 0) is 13.3 Å². The second kappa shape index (κ2) is 2.39. The van der Waals surface area contributed by atoms with Gasteiger partial charge in [0, 0.05) is 0 Å². The Morgan fingerprint density at radius 1 is 1.42 bits per heavy atom. The van der Waals surface area contributed by atoms with E-state index in [1.165, 1.54) is 5.57 Å². The van der Waals surface area contributed by atoms with Crippen LogP contribution in [-0.4, -0.2) is 6.94 Å². The molecule has 12 heavy (non-hydrogen) atoms. The van der Waals surface area contributed by atoms with Gasteiger partial charge >= 0.3 is 81.1 Å². The van der Waals surface area contributed by atoms with Crippen molar-refractivity contribution < 1.29 is 13.3 Å². The van der Waals surface area contributed by atoms with Crippen molar-refractivity contribution in [3.63, 3.8) is 0 Å². The SMILES string of the molecule is CC1=C[CH]([Hf]([CH3])([CH3])(=[SiH2])([Cl])[Cl])C=C1. The van der Waals surface area contributed by atoms with Crippen LogP contribution in [0.5, 0.6) is 0 Å². The van der Waals surface area contributed by atoms with E-state index in [0.717, 1.165) is 0 Å². The van der Waals surface area contributed by atoms with Crippen molar-refractivity contribution in [1.29, 1.82) is 0 Å². The first-order valence-corrected chi connectivity index (χ1v) is 30.6. The van der Waals surface area contributed by atoms with Crippen LogP contribution in [0.15, 0.2) is 23.8 Å². The minimum absolute atomic E-state index is 0.293.